The van der Waals surface area contributed by atoms with Crippen LogP contribution in [0.3, 0.4) is 0 Å². The van der Waals surface area contributed by atoms with Crippen LogP contribution >= 0.6 is 0 Å². The molecule has 1 atom stereocenters. The molecule has 1 heterocycles. The summed E-state index contributed by atoms with van der Waals surface area (Å²) in [4.78, 5) is 11.1. The Hall–Kier alpha value is -2.14. The van der Waals surface area contributed by atoms with Gasteiger partial charge in [0.1, 0.15) is 5.75 Å². The fourth-order valence-corrected chi connectivity index (χ4v) is 2.70. The van der Waals surface area contributed by atoms with Crippen molar-refractivity contribution in [2.75, 3.05) is 0 Å². The van der Waals surface area contributed by atoms with Crippen LogP contribution in [0.2, 0.25) is 0 Å². The lowest BCUT2D eigenvalue weighted by Crippen LogP contribution is -2.27. The lowest BCUT2D eigenvalue weighted by molar-refractivity contribution is -0.131. The minimum atomic E-state index is -0.287. The highest BCUT2D eigenvalue weighted by molar-refractivity contribution is 5.70. The molecule has 0 spiro atoms. The molecule has 2 aromatic rings. The second-order valence-electron chi connectivity index (χ2n) is 6.18. The Labute approximate surface area is 137 Å². The monoisotopic (exact) mass is 315 g/mol. The normalized spacial score (nSPS) is 12.2. The fourth-order valence-electron chi connectivity index (χ4n) is 2.70. The molecule has 0 aliphatic carbocycles. The zero-order chi connectivity index (χ0) is 17.0. The third-order valence-electron chi connectivity index (χ3n) is 3.69. The lowest BCUT2D eigenvalue weighted by atomic mass is 10.0. The number of hydrogen-bond acceptors (Lipinski definition) is 4. The van der Waals surface area contributed by atoms with Crippen LogP contribution in [-0.2, 0) is 17.8 Å². The molecule has 0 unspecified atom stereocenters. The number of carbonyl (C=O) groups is 1. The SMILES string of the molecule is CC(=O)Oc1c(C)cc(CN[C@@H](C)Cc2cc(C)[nH]n2)cc1C. The summed E-state index contributed by atoms with van der Waals surface area (Å²) in [5.41, 5.74) is 5.29. The molecule has 2 N–H and O–H groups in total. The summed E-state index contributed by atoms with van der Waals surface area (Å²) in [5.74, 6) is 0.381. The first-order valence-electron chi connectivity index (χ1n) is 7.88. The van der Waals surface area contributed by atoms with Gasteiger partial charge in [-0.15, -0.1) is 0 Å². The number of nitrogens with zero attached hydrogens (tertiary/aromatic N) is 1. The molecular formula is C18H25N3O2. The molecule has 2 rings (SSSR count). The van der Waals surface area contributed by atoms with Gasteiger partial charge in [0.05, 0.1) is 5.69 Å². The maximum atomic E-state index is 11.1. The third-order valence-corrected chi connectivity index (χ3v) is 3.69. The number of nitrogens with one attached hydrogen (secondary N) is 2. The molecule has 1 aromatic carbocycles. The third kappa shape index (κ3) is 4.93. The molecule has 124 valence electrons. The van der Waals surface area contributed by atoms with Gasteiger partial charge in [-0.2, -0.15) is 5.10 Å². The average Bonchev–Trinajstić information content (AvgIpc) is 2.85. The maximum absolute atomic E-state index is 11.1. The Balaban J connectivity index is 1.96. The van der Waals surface area contributed by atoms with Gasteiger partial charge in [-0.3, -0.25) is 9.89 Å². The van der Waals surface area contributed by atoms with E-state index in [0.717, 1.165) is 35.5 Å². The van der Waals surface area contributed by atoms with E-state index in [1.165, 1.54) is 12.5 Å². The molecular weight excluding hydrogens is 290 g/mol. The Bertz CT molecular complexity index is 668. The molecule has 0 aliphatic heterocycles. The summed E-state index contributed by atoms with van der Waals surface area (Å²) in [6.45, 7) is 10.3. The molecule has 5 heteroatoms. The summed E-state index contributed by atoms with van der Waals surface area (Å²) in [7, 11) is 0. The van der Waals surface area contributed by atoms with Crippen LogP contribution in [-0.4, -0.2) is 22.2 Å². The van der Waals surface area contributed by atoms with E-state index >= 15 is 0 Å². The lowest BCUT2D eigenvalue weighted by Gasteiger charge is -2.15. The topological polar surface area (TPSA) is 67.0 Å². The summed E-state index contributed by atoms with van der Waals surface area (Å²) in [6, 6.07) is 6.51. The van der Waals surface area contributed by atoms with Crippen LogP contribution in [0, 0.1) is 20.8 Å². The Kier molecular flexibility index (Phi) is 5.55. The molecule has 1 aromatic heterocycles. The Morgan fingerprint density at radius 1 is 1.26 bits per heavy atom. The molecule has 5 nitrogen and oxygen atoms in total. The van der Waals surface area contributed by atoms with Gasteiger partial charge in [0.15, 0.2) is 0 Å². The molecule has 0 aliphatic rings. The first kappa shape index (κ1) is 17.2. The van der Waals surface area contributed by atoms with Crippen LogP contribution in [0.5, 0.6) is 5.75 Å². The van der Waals surface area contributed by atoms with Crippen LogP contribution < -0.4 is 10.1 Å². The second kappa shape index (κ2) is 7.42. The minimum absolute atomic E-state index is 0.287. The van der Waals surface area contributed by atoms with Gasteiger partial charge in [0.2, 0.25) is 0 Å². The van der Waals surface area contributed by atoms with E-state index in [1.807, 2.05) is 20.8 Å². The van der Waals surface area contributed by atoms with Gasteiger partial charge < -0.3 is 10.1 Å². The van der Waals surface area contributed by atoms with Gasteiger partial charge in [-0.25, -0.2) is 0 Å². The molecule has 0 fully saturated rings. The largest absolute Gasteiger partial charge is 0.426 e. The Morgan fingerprint density at radius 2 is 1.91 bits per heavy atom. The number of rotatable bonds is 6. The van der Waals surface area contributed by atoms with Gasteiger partial charge in [-0.05, 0) is 50.5 Å². The number of carbonyl (C=O) groups excluding carboxylic acids is 1. The zero-order valence-corrected chi connectivity index (χ0v) is 14.5. The van der Waals surface area contributed by atoms with Gasteiger partial charge in [0.25, 0.3) is 0 Å². The molecule has 0 saturated heterocycles. The number of esters is 1. The van der Waals surface area contributed by atoms with Crippen molar-refractivity contribution >= 4 is 5.97 Å². The molecule has 0 amide bonds. The van der Waals surface area contributed by atoms with Crippen molar-refractivity contribution in [2.24, 2.45) is 0 Å². The number of aromatic nitrogens is 2. The van der Waals surface area contributed by atoms with Crippen molar-refractivity contribution < 1.29 is 9.53 Å². The second-order valence-corrected chi connectivity index (χ2v) is 6.18. The zero-order valence-electron chi connectivity index (χ0n) is 14.5. The van der Waals surface area contributed by atoms with Gasteiger partial charge in [-0.1, -0.05) is 12.1 Å². The highest BCUT2D eigenvalue weighted by Crippen LogP contribution is 2.25. The first-order valence-corrected chi connectivity index (χ1v) is 7.88. The molecule has 0 bridgehead atoms. The van der Waals surface area contributed by atoms with Crippen molar-refractivity contribution in [2.45, 2.75) is 53.6 Å². The smallest absolute Gasteiger partial charge is 0.308 e. The minimum Gasteiger partial charge on any atom is -0.426 e. The Morgan fingerprint density at radius 3 is 2.43 bits per heavy atom. The molecule has 0 radical (unpaired) electrons. The summed E-state index contributed by atoms with van der Waals surface area (Å²) in [6.07, 6.45) is 0.883. The van der Waals surface area contributed by atoms with Crippen LogP contribution in [0.4, 0.5) is 0 Å². The standard InChI is InChI=1S/C18H25N3O2/c1-11-6-16(7-12(2)18(11)23-15(5)22)10-19-13(3)8-17-9-14(4)20-21-17/h6-7,9,13,19H,8,10H2,1-5H3,(H,20,21)/t13-/m0/s1. The van der Waals surface area contributed by atoms with Crippen LogP contribution in [0.1, 0.15) is 41.9 Å². The highest BCUT2D eigenvalue weighted by Gasteiger charge is 2.10. The van der Waals surface area contributed by atoms with Gasteiger partial charge >= 0.3 is 5.97 Å². The first-order chi connectivity index (χ1) is 10.8. The average molecular weight is 315 g/mol. The predicted molar refractivity (Wildman–Crippen MR) is 90.6 cm³/mol. The van der Waals surface area contributed by atoms with Crippen molar-refractivity contribution in [1.82, 2.24) is 15.5 Å². The van der Waals surface area contributed by atoms with E-state index in [4.69, 9.17) is 4.74 Å². The molecule has 23 heavy (non-hydrogen) atoms. The fraction of sp³-hybridized carbons (Fsp3) is 0.444. The molecule has 0 saturated carbocycles. The predicted octanol–water partition coefficient (Wildman–Crippen LogP) is 2.98. The number of aromatic amines is 1. The number of benzene rings is 1. The van der Waals surface area contributed by atoms with E-state index in [-0.39, 0.29) is 5.97 Å². The van der Waals surface area contributed by atoms with E-state index in [9.17, 15) is 4.79 Å². The summed E-state index contributed by atoms with van der Waals surface area (Å²) >= 11 is 0. The number of hydrogen-bond donors (Lipinski definition) is 2. The van der Waals surface area contributed by atoms with E-state index in [2.05, 4.69) is 40.6 Å². The van der Waals surface area contributed by atoms with E-state index in [0.29, 0.717) is 11.8 Å². The van der Waals surface area contributed by atoms with Crippen molar-refractivity contribution in [3.05, 3.63) is 46.3 Å². The number of H-pyrrole nitrogens is 1. The van der Waals surface area contributed by atoms with Crippen molar-refractivity contribution in [3.63, 3.8) is 0 Å². The number of ether oxygens (including phenoxy) is 1. The van der Waals surface area contributed by atoms with Gasteiger partial charge in [0, 0.05) is 31.6 Å². The summed E-state index contributed by atoms with van der Waals surface area (Å²) in [5, 5.41) is 10.7. The van der Waals surface area contributed by atoms with E-state index in [1.54, 1.807) is 0 Å². The highest BCUT2D eigenvalue weighted by atomic mass is 16.5. The number of aryl methyl sites for hydroxylation is 3. The van der Waals surface area contributed by atoms with Crippen LogP contribution in [0.15, 0.2) is 18.2 Å². The van der Waals surface area contributed by atoms with Crippen molar-refractivity contribution in [1.29, 1.82) is 0 Å². The van der Waals surface area contributed by atoms with Crippen molar-refractivity contribution in [3.8, 4) is 5.75 Å². The summed E-state index contributed by atoms with van der Waals surface area (Å²) < 4.78 is 5.27. The maximum Gasteiger partial charge on any atom is 0.308 e. The quantitative estimate of drug-likeness (QED) is 0.635. The van der Waals surface area contributed by atoms with E-state index < -0.39 is 0 Å². The van der Waals surface area contributed by atoms with Crippen LogP contribution in [0.25, 0.3) is 0 Å².